The Balaban J connectivity index is 1.09. The fraction of sp³-hybridized carbons (Fsp3) is 0.512. The number of nitrogens with one attached hydrogen (secondary N) is 1. The van der Waals surface area contributed by atoms with Crippen LogP contribution >= 0.6 is 0 Å². The number of rotatable bonds is 7. The van der Waals surface area contributed by atoms with E-state index < -0.39 is 34.8 Å². The van der Waals surface area contributed by atoms with Gasteiger partial charge in [-0.3, -0.25) is 14.3 Å². The maximum absolute atomic E-state index is 14.5. The number of benzene rings is 2. The highest BCUT2D eigenvalue weighted by atomic mass is 19.1. The summed E-state index contributed by atoms with van der Waals surface area (Å²) in [5.41, 5.74) is 2.17. The number of halogens is 1. The third-order valence-corrected chi connectivity index (χ3v) is 10.9. The number of pyridine rings is 1. The predicted octanol–water partition coefficient (Wildman–Crippen LogP) is 6.81. The molecule has 2 aromatic carbocycles. The molecule has 4 heterocycles. The van der Waals surface area contributed by atoms with Gasteiger partial charge in [-0.1, -0.05) is 42.8 Å². The maximum atomic E-state index is 14.5. The summed E-state index contributed by atoms with van der Waals surface area (Å²) in [6.07, 6.45) is 9.19. The molecule has 0 spiro atoms. The zero-order valence-electron chi connectivity index (χ0n) is 30.7. The van der Waals surface area contributed by atoms with Crippen molar-refractivity contribution >= 4 is 17.1 Å². The van der Waals surface area contributed by atoms with Gasteiger partial charge >= 0.3 is 11.8 Å². The van der Waals surface area contributed by atoms with Gasteiger partial charge in [-0.25, -0.2) is 23.5 Å². The van der Waals surface area contributed by atoms with Crippen LogP contribution in [-0.4, -0.2) is 73.9 Å². The predicted molar refractivity (Wildman–Crippen MR) is 201 cm³/mol. The zero-order chi connectivity index (χ0) is 36.4. The molecular weight excluding hydrogens is 659 g/mol. The molecule has 7 rings (SSSR count). The molecule has 0 atom stereocenters. The van der Waals surface area contributed by atoms with E-state index in [2.05, 4.69) is 44.4 Å². The number of carbonyl (C=O) groups excluding carboxylic acids is 1. The minimum Gasteiger partial charge on any atom is -0.444 e. The molecule has 2 aromatic heterocycles. The van der Waals surface area contributed by atoms with Crippen LogP contribution in [0.3, 0.4) is 0 Å². The lowest BCUT2D eigenvalue weighted by atomic mass is 9.91. The van der Waals surface area contributed by atoms with Crippen LogP contribution in [0.25, 0.3) is 27.8 Å². The summed E-state index contributed by atoms with van der Waals surface area (Å²) >= 11 is 0. The molecule has 1 amide bonds. The first kappa shape index (κ1) is 36.0. The van der Waals surface area contributed by atoms with E-state index in [1.807, 2.05) is 45.0 Å². The highest BCUT2D eigenvalue weighted by Gasteiger charge is 2.29. The summed E-state index contributed by atoms with van der Waals surface area (Å²) in [5, 5.41) is 2.96. The van der Waals surface area contributed by atoms with Gasteiger partial charge < -0.3 is 15.0 Å². The van der Waals surface area contributed by atoms with Gasteiger partial charge in [0.1, 0.15) is 11.4 Å². The van der Waals surface area contributed by atoms with Crippen LogP contribution in [0, 0.1) is 5.82 Å². The SMILES string of the molecule is CC(C)(C)OC(=O)NC1CCC(n2c(=O)c3cc(F)cnc3n(-c3cccc(-c4ccc(CN5CCC(N6CCCCC6)CC5)cc4)c3)c2=O)CC1. The number of amides is 1. The monoisotopic (exact) mass is 710 g/mol. The van der Waals surface area contributed by atoms with Gasteiger partial charge in [-0.2, -0.15) is 0 Å². The van der Waals surface area contributed by atoms with E-state index in [-0.39, 0.29) is 17.1 Å². The minimum atomic E-state index is -0.646. The van der Waals surface area contributed by atoms with E-state index in [9.17, 15) is 18.8 Å². The molecule has 52 heavy (non-hydrogen) atoms. The number of nitrogens with zero attached hydrogens (tertiary/aromatic N) is 5. The first-order chi connectivity index (χ1) is 25.0. The topological polar surface area (TPSA) is 102 Å². The van der Waals surface area contributed by atoms with Crippen molar-refractivity contribution in [2.45, 2.75) is 109 Å². The van der Waals surface area contributed by atoms with Gasteiger partial charge in [0.05, 0.1) is 17.3 Å². The number of carbonyl (C=O) groups is 1. The molecule has 0 unspecified atom stereocenters. The second-order valence-electron chi connectivity index (χ2n) is 15.8. The van der Waals surface area contributed by atoms with E-state index in [1.54, 1.807) is 0 Å². The Bertz CT molecular complexity index is 2000. The quantitative estimate of drug-likeness (QED) is 0.225. The van der Waals surface area contributed by atoms with E-state index in [0.717, 1.165) is 49.1 Å². The summed E-state index contributed by atoms with van der Waals surface area (Å²) in [5.74, 6) is -0.646. The fourth-order valence-electron chi connectivity index (χ4n) is 8.30. The summed E-state index contributed by atoms with van der Waals surface area (Å²) in [4.78, 5) is 50.0. The largest absolute Gasteiger partial charge is 0.444 e. The van der Waals surface area contributed by atoms with E-state index in [0.29, 0.717) is 31.4 Å². The Morgan fingerprint density at radius 2 is 1.58 bits per heavy atom. The number of likely N-dealkylation sites (tertiary alicyclic amines) is 2. The maximum Gasteiger partial charge on any atom is 0.407 e. The fourth-order valence-corrected chi connectivity index (χ4v) is 8.30. The van der Waals surface area contributed by atoms with Crippen LogP contribution < -0.4 is 16.6 Å². The van der Waals surface area contributed by atoms with Crippen molar-refractivity contribution in [3.63, 3.8) is 0 Å². The lowest BCUT2D eigenvalue weighted by molar-refractivity contribution is 0.0487. The van der Waals surface area contributed by atoms with Gasteiger partial charge in [-0.15, -0.1) is 0 Å². The van der Waals surface area contributed by atoms with Crippen LogP contribution in [0.4, 0.5) is 9.18 Å². The lowest BCUT2D eigenvalue weighted by Crippen LogP contribution is -2.46. The Labute approximate surface area is 304 Å². The van der Waals surface area contributed by atoms with Gasteiger partial charge in [0.2, 0.25) is 0 Å². The molecule has 0 bridgehead atoms. The molecular formula is C41H51FN6O4. The number of hydrogen-bond donors (Lipinski definition) is 1. The summed E-state index contributed by atoms with van der Waals surface area (Å²) < 4.78 is 22.6. The van der Waals surface area contributed by atoms with Crippen LogP contribution in [0.15, 0.2) is 70.4 Å². The van der Waals surface area contributed by atoms with Crippen LogP contribution in [-0.2, 0) is 11.3 Å². The third-order valence-electron chi connectivity index (χ3n) is 10.9. The van der Waals surface area contributed by atoms with E-state index in [4.69, 9.17) is 4.74 Å². The Morgan fingerprint density at radius 3 is 2.27 bits per heavy atom. The molecule has 1 aliphatic carbocycles. The molecule has 3 aliphatic rings. The van der Waals surface area contributed by atoms with Gasteiger partial charge in [0.15, 0.2) is 5.65 Å². The molecule has 4 aromatic rings. The molecule has 2 aliphatic heterocycles. The standard InChI is InChI=1S/C41H51FN6O4/c1-41(2,3)52-39(50)44-32-14-16-34(17-15-32)48-38(49)36-25-31(42)26-43-37(36)47(40(48)51)35-9-7-8-30(24-35)29-12-10-28(11-13-29)27-45-22-18-33(19-23-45)46-20-5-4-6-21-46/h7-13,24-26,32-34H,4-6,14-23,27H2,1-3H3,(H,44,50). The molecule has 1 N–H and O–H groups in total. The summed E-state index contributed by atoms with van der Waals surface area (Å²) in [6.45, 7) is 11.1. The second kappa shape index (κ2) is 15.3. The highest BCUT2D eigenvalue weighted by Crippen LogP contribution is 2.29. The number of hydrogen-bond acceptors (Lipinski definition) is 7. The van der Waals surface area contributed by atoms with Gasteiger partial charge in [0, 0.05) is 24.7 Å². The van der Waals surface area contributed by atoms with Gasteiger partial charge in [0.25, 0.3) is 5.56 Å². The van der Waals surface area contributed by atoms with Crippen molar-refractivity contribution in [1.82, 2.24) is 29.2 Å². The molecule has 2 saturated heterocycles. The molecule has 11 heteroatoms. The molecule has 276 valence electrons. The third kappa shape index (κ3) is 8.15. The van der Waals surface area contributed by atoms with Crippen molar-refractivity contribution in [3.05, 3.63) is 93.0 Å². The van der Waals surface area contributed by atoms with Gasteiger partial charge in [-0.05, 0) is 133 Å². The minimum absolute atomic E-state index is 0.0447. The molecule has 0 radical (unpaired) electrons. The van der Waals surface area contributed by atoms with Crippen LogP contribution in [0.5, 0.6) is 0 Å². The van der Waals surface area contributed by atoms with Crippen molar-refractivity contribution in [1.29, 1.82) is 0 Å². The van der Waals surface area contributed by atoms with Crippen molar-refractivity contribution in [3.8, 4) is 16.8 Å². The van der Waals surface area contributed by atoms with E-state index >= 15 is 0 Å². The normalized spacial score (nSPS) is 20.9. The molecule has 3 fully saturated rings. The number of alkyl carbamates (subject to hydrolysis) is 1. The van der Waals surface area contributed by atoms with E-state index in [1.165, 1.54) is 59.9 Å². The zero-order valence-corrected chi connectivity index (χ0v) is 30.7. The first-order valence-electron chi connectivity index (χ1n) is 19.0. The highest BCUT2D eigenvalue weighted by molar-refractivity contribution is 5.76. The molecule has 10 nitrogen and oxygen atoms in total. The Morgan fingerprint density at radius 1 is 0.865 bits per heavy atom. The number of fused-ring (bicyclic) bond motifs is 1. The van der Waals surface area contributed by atoms with Crippen LogP contribution in [0.1, 0.15) is 90.2 Å². The smallest absolute Gasteiger partial charge is 0.407 e. The number of piperidine rings is 2. The van der Waals surface area contributed by atoms with Crippen molar-refractivity contribution < 1.29 is 13.9 Å². The van der Waals surface area contributed by atoms with Crippen molar-refractivity contribution in [2.24, 2.45) is 0 Å². The average molecular weight is 711 g/mol. The van der Waals surface area contributed by atoms with Crippen LogP contribution in [0.2, 0.25) is 0 Å². The summed E-state index contributed by atoms with van der Waals surface area (Å²) in [7, 11) is 0. The van der Waals surface area contributed by atoms with Crippen molar-refractivity contribution in [2.75, 3.05) is 26.2 Å². The first-order valence-corrected chi connectivity index (χ1v) is 19.0. The number of aromatic nitrogens is 3. The Kier molecular flexibility index (Phi) is 10.6. The lowest BCUT2D eigenvalue weighted by Gasteiger charge is -2.40. The number of ether oxygens (including phenoxy) is 1. The average Bonchev–Trinajstić information content (AvgIpc) is 3.13. The second-order valence-corrected chi connectivity index (χ2v) is 15.8. The molecule has 1 saturated carbocycles. The Hall–Kier alpha value is -4.35. The summed E-state index contributed by atoms with van der Waals surface area (Å²) in [6, 6.07) is 17.6.